The summed E-state index contributed by atoms with van der Waals surface area (Å²) in [6.45, 7) is 7.16. The van der Waals surface area contributed by atoms with Crippen molar-refractivity contribution in [2.24, 2.45) is 5.92 Å². The molecule has 0 aliphatic rings. The second-order valence-electron chi connectivity index (χ2n) is 5.15. The maximum atomic E-state index is 12.9. The first-order valence-electron chi connectivity index (χ1n) is 7.07. The van der Waals surface area contributed by atoms with Gasteiger partial charge in [0, 0.05) is 31.7 Å². The SMILES string of the molecule is CCNc1nc2sccn2c1S(=O)(=O)N(C)CC(C)CC. The molecular formula is C13H22N4O2S2. The van der Waals surface area contributed by atoms with Gasteiger partial charge >= 0.3 is 0 Å². The Morgan fingerprint density at radius 1 is 1.48 bits per heavy atom. The number of nitrogens with zero attached hydrogens (tertiary/aromatic N) is 3. The van der Waals surface area contributed by atoms with Gasteiger partial charge in [0.05, 0.1) is 0 Å². The zero-order valence-electron chi connectivity index (χ0n) is 12.8. The number of fused-ring (bicyclic) bond motifs is 1. The number of rotatable bonds is 7. The zero-order valence-corrected chi connectivity index (χ0v) is 14.5. The number of nitrogens with one attached hydrogen (secondary N) is 1. The average molecular weight is 330 g/mol. The van der Waals surface area contributed by atoms with Gasteiger partial charge in [-0.3, -0.25) is 4.40 Å². The van der Waals surface area contributed by atoms with E-state index in [9.17, 15) is 8.42 Å². The highest BCUT2D eigenvalue weighted by molar-refractivity contribution is 7.89. The molecule has 0 aliphatic heterocycles. The van der Waals surface area contributed by atoms with E-state index in [4.69, 9.17) is 0 Å². The molecule has 118 valence electrons. The fourth-order valence-electron chi connectivity index (χ4n) is 2.11. The Kier molecular flexibility index (Phi) is 4.90. The standard InChI is InChI=1S/C13H22N4O2S2/c1-5-10(3)9-16(4)21(18,19)12-11(14-6-2)15-13-17(12)7-8-20-13/h7-8,10,14H,5-6,9H2,1-4H3. The molecule has 0 aliphatic carbocycles. The van der Waals surface area contributed by atoms with Gasteiger partial charge in [0.1, 0.15) is 0 Å². The summed E-state index contributed by atoms with van der Waals surface area (Å²) >= 11 is 1.42. The lowest BCUT2D eigenvalue weighted by molar-refractivity contribution is 0.392. The quantitative estimate of drug-likeness (QED) is 0.847. The highest BCUT2D eigenvalue weighted by Crippen LogP contribution is 2.28. The topological polar surface area (TPSA) is 66.7 Å². The zero-order chi connectivity index (χ0) is 15.6. The monoisotopic (exact) mass is 330 g/mol. The van der Waals surface area contributed by atoms with E-state index in [0.29, 0.717) is 29.8 Å². The molecule has 0 saturated heterocycles. The highest BCUT2D eigenvalue weighted by atomic mass is 32.2. The van der Waals surface area contributed by atoms with Crippen molar-refractivity contribution in [3.8, 4) is 0 Å². The summed E-state index contributed by atoms with van der Waals surface area (Å²) in [5, 5.41) is 5.12. The summed E-state index contributed by atoms with van der Waals surface area (Å²) < 4.78 is 28.8. The summed E-state index contributed by atoms with van der Waals surface area (Å²) in [6.07, 6.45) is 2.69. The lowest BCUT2D eigenvalue weighted by Gasteiger charge is -2.20. The number of hydrogen-bond acceptors (Lipinski definition) is 5. The van der Waals surface area contributed by atoms with Crippen LogP contribution in [-0.4, -0.2) is 42.2 Å². The maximum Gasteiger partial charge on any atom is 0.262 e. The molecule has 6 nitrogen and oxygen atoms in total. The van der Waals surface area contributed by atoms with Gasteiger partial charge < -0.3 is 5.32 Å². The minimum absolute atomic E-state index is 0.228. The van der Waals surface area contributed by atoms with Crippen LogP contribution >= 0.6 is 11.3 Å². The van der Waals surface area contributed by atoms with Gasteiger partial charge in [0.2, 0.25) is 0 Å². The molecule has 21 heavy (non-hydrogen) atoms. The van der Waals surface area contributed by atoms with E-state index in [1.54, 1.807) is 17.6 Å². The average Bonchev–Trinajstić information content (AvgIpc) is 2.98. The van der Waals surface area contributed by atoms with Crippen molar-refractivity contribution in [1.82, 2.24) is 13.7 Å². The maximum absolute atomic E-state index is 12.9. The third-order valence-corrected chi connectivity index (χ3v) is 6.09. The minimum atomic E-state index is -3.57. The fourth-order valence-corrected chi connectivity index (χ4v) is 4.38. The van der Waals surface area contributed by atoms with E-state index in [1.165, 1.54) is 15.6 Å². The predicted octanol–water partition coefficient (Wildman–Crippen LogP) is 2.49. The molecule has 0 radical (unpaired) electrons. The summed E-state index contributed by atoms with van der Waals surface area (Å²) in [7, 11) is -1.94. The van der Waals surface area contributed by atoms with E-state index in [0.717, 1.165) is 6.42 Å². The van der Waals surface area contributed by atoms with Crippen LogP contribution < -0.4 is 5.32 Å². The summed E-state index contributed by atoms with van der Waals surface area (Å²) in [4.78, 5) is 5.06. The van der Waals surface area contributed by atoms with Crippen molar-refractivity contribution in [3.05, 3.63) is 11.6 Å². The number of aromatic nitrogens is 2. The van der Waals surface area contributed by atoms with Gasteiger partial charge in [-0.1, -0.05) is 20.3 Å². The lowest BCUT2D eigenvalue weighted by atomic mass is 10.1. The predicted molar refractivity (Wildman–Crippen MR) is 86.5 cm³/mol. The summed E-state index contributed by atoms with van der Waals surface area (Å²) in [6, 6.07) is 0. The van der Waals surface area contributed by atoms with E-state index in [1.807, 2.05) is 19.2 Å². The van der Waals surface area contributed by atoms with Crippen molar-refractivity contribution in [2.45, 2.75) is 32.2 Å². The van der Waals surface area contributed by atoms with Crippen molar-refractivity contribution < 1.29 is 8.42 Å². The minimum Gasteiger partial charge on any atom is -0.368 e. The van der Waals surface area contributed by atoms with E-state index in [-0.39, 0.29) is 5.03 Å². The molecule has 2 aromatic rings. The molecule has 1 N–H and O–H groups in total. The van der Waals surface area contributed by atoms with Gasteiger partial charge in [-0.25, -0.2) is 13.4 Å². The summed E-state index contributed by atoms with van der Waals surface area (Å²) in [5.74, 6) is 0.749. The molecule has 1 atom stereocenters. The smallest absolute Gasteiger partial charge is 0.262 e. The van der Waals surface area contributed by atoms with Crippen LogP contribution in [-0.2, 0) is 10.0 Å². The molecule has 2 heterocycles. The Morgan fingerprint density at radius 3 is 2.81 bits per heavy atom. The third kappa shape index (κ3) is 3.07. The molecule has 0 spiro atoms. The van der Waals surface area contributed by atoms with E-state index in [2.05, 4.69) is 17.2 Å². The summed E-state index contributed by atoms with van der Waals surface area (Å²) in [5.41, 5.74) is 0. The number of imidazole rings is 1. The van der Waals surface area contributed by atoms with Gasteiger partial charge in [0.15, 0.2) is 15.8 Å². The van der Waals surface area contributed by atoms with E-state index >= 15 is 0 Å². The van der Waals surface area contributed by atoms with Crippen LogP contribution in [0.3, 0.4) is 0 Å². The second-order valence-corrected chi connectivity index (χ2v) is 7.98. The Balaban J connectivity index is 2.47. The highest BCUT2D eigenvalue weighted by Gasteiger charge is 2.30. The first kappa shape index (κ1) is 16.3. The lowest BCUT2D eigenvalue weighted by Crippen LogP contribution is -2.32. The normalized spacial score (nSPS) is 14.0. The molecule has 8 heteroatoms. The van der Waals surface area contributed by atoms with Crippen LogP contribution in [0.25, 0.3) is 4.96 Å². The molecule has 1 unspecified atom stereocenters. The Bertz CT molecular complexity index is 705. The van der Waals surface area contributed by atoms with Crippen LogP contribution in [0, 0.1) is 5.92 Å². The molecule has 0 bridgehead atoms. The van der Waals surface area contributed by atoms with Gasteiger partial charge in [0.25, 0.3) is 10.0 Å². The molecule has 0 fully saturated rings. The number of hydrogen-bond donors (Lipinski definition) is 1. The molecule has 0 saturated carbocycles. The Morgan fingerprint density at radius 2 is 2.19 bits per heavy atom. The molecule has 2 aromatic heterocycles. The van der Waals surface area contributed by atoms with Gasteiger partial charge in [-0.2, -0.15) is 4.31 Å². The molecule has 0 aromatic carbocycles. The Labute approximate surface area is 129 Å². The van der Waals surface area contributed by atoms with Crippen molar-refractivity contribution in [3.63, 3.8) is 0 Å². The molecular weight excluding hydrogens is 308 g/mol. The number of thiazole rings is 1. The first-order chi connectivity index (χ1) is 9.91. The Hall–Kier alpha value is -1.12. The van der Waals surface area contributed by atoms with Crippen LogP contribution in [0.2, 0.25) is 0 Å². The first-order valence-corrected chi connectivity index (χ1v) is 9.39. The molecule has 0 amide bonds. The van der Waals surface area contributed by atoms with Crippen LogP contribution in [0.4, 0.5) is 5.82 Å². The van der Waals surface area contributed by atoms with Gasteiger partial charge in [-0.05, 0) is 12.8 Å². The van der Waals surface area contributed by atoms with Crippen molar-refractivity contribution in [2.75, 3.05) is 25.5 Å². The van der Waals surface area contributed by atoms with Crippen LogP contribution in [0.1, 0.15) is 27.2 Å². The van der Waals surface area contributed by atoms with Crippen molar-refractivity contribution in [1.29, 1.82) is 0 Å². The van der Waals surface area contributed by atoms with Crippen LogP contribution in [0.15, 0.2) is 16.6 Å². The molecule has 2 rings (SSSR count). The third-order valence-electron chi connectivity index (χ3n) is 3.48. The largest absolute Gasteiger partial charge is 0.368 e. The fraction of sp³-hybridized carbons (Fsp3) is 0.615. The number of sulfonamides is 1. The van der Waals surface area contributed by atoms with Crippen molar-refractivity contribution >= 4 is 32.1 Å². The van der Waals surface area contributed by atoms with Crippen LogP contribution in [0.5, 0.6) is 0 Å². The van der Waals surface area contributed by atoms with E-state index < -0.39 is 10.0 Å². The second kappa shape index (κ2) is 6.33. The number of anilines is 1. The van der Waals surface area contributed by atoms with Gasteiger partial charge in [-0.15, -0.1) is 11.3 Å².